The molecule has 0 unspecified atom stereocenters. The van der Waals surface area contributed by atoms with E-state index in [0.717, 1.165) is 5.56 Å². The molecule has 0 amide bonds. The number of esters is 1. The second-order valence-electron chi connectivity index (χ2n) is 6.16. The number of carbonyl (C=O) groups is 2. The summed E-state index contributed by atoms with van der Waals surface area (Å²) >= 11 is 6.25. The number of hydrogen-bond donors (Lipinski definition) is 1. The van der Waals surface area contributed by atoms with Crippen molar-refractivity contribution in [3.8, 4) is 5.75 Å². The summed E-state index contributed by atoms with van der Waals surface area (Å²) in [5.41, 5.74) is 1.07. The number of carbonyl (C=O) groups excluding carboxylic acids is 2. The summed E-state index contributed by atoms with van der Waals surface area (Å²) in [6, 6.07) is 10.5. The topological polar surface area (TPSA) is 98.8 Å². The molecule has 7 nitrogen and oxygen atoms in total. The van der Waals surface area contributed by atoms with E-state index in [4.69, 9.17) is 21.1 Å². The van der Waals surface area contributed by atoms with Crippen LogP contribution in [0.1, 0.15) is 22.8 Å². The summed E-state index contributed by atoms with van der Waals surface area (Å²) in [4.78, 5) is 25.1. The molecule has 0 aromatic heterocycles. The molecule has 156 valence electrons. The number of rotatable bonds is 9. The third kappa shape index (κ3) is 5.79. The number of ether oxygens (including phenoxy) is 2. The summed E-state index contributed by atoms with van der Waals surface area (Å²) in [5.74, 6) is -1.03. The maximum atomic E-state index is 12.7. The predicted octanol–water partition coefficient (Wildman–Crippen LogP) is 2.70. The molecule has 0 aliphatic heterocycles. The van der Waals surface area contributed by atoms with Gasteiger partial charge in [0.2, 0.25) is 10.0 Å². The normalized spacial score (nSPS) is 13.4. The van der Waals surface area contributed by atoms with Crippen molar-refractivity contribution in [3.63, 3.8) is 0 Å². The Balaban J connectivity index is 2.32. The molecule has 0 spiro atoms. The number of methoxy groups -OCH3 is 1. The Hall–Kier alpha value is -2.42. The Morgan fingerprint density at radius 3 is 2.17 bits per heavy atom. The van der Waals surface area contributed by atoms with Gasteiger partial charge in [-0.1, -0.05) is 17.7 Å². The number of nitrogens with one attached hydrogen (secondary N) is 1. The zero-order valence-corrected chi connectivity index (χ0v) is 17.8. The molecule has 29 heavy (non-hydrogen) atoms. The van der Waals surface area contributed by atoms with Gasteiger partial charge in [0.25, 0.3) is 0 Å². The molecule has 0 saturated carbocycles. The highest BCUT2D eigenvalue weighted by Gasteiger charge is 2.37. The molecule has 0 aliphatic carbocycles. The standard InChI is InChI=1S/C20H22ClNO6S/c1-4-28-20(24)18(22-29(25,26)16-11-5-13(2)6-12-16)17(21)19(23)14-7-9-15(27-3)10-8-14/h5-12,17-18,22H,4H2,1-3H3/t17-,18+/m1/s1. The van der Waals surface area contributed by atoms with E-state index in [0.29, 0.717) is 5.75 Å². The van der Waals surface area contributed by atoms with Crippen LogP contribution >= 0.6 is 11.6 Å². The van der Waals surface area contributed by atoms with Crippen LogP contribution in [0.4, 0.5) is 0 Å². The highest BCUT2D eigenvalue weighted by molar-refractivity contribution is 7.89. The minimum Gasteiger partial charge on any atom is -0.497 e. The number of sulfonamides is 1. The Morgan fingerprint density at radius 2 is 1.66 bits per heavy atom. The molecule has 0 saturated heterocycles. The monoisotopic (exact) mass is 439 g/mol. The van der Waals surface area contributed by atoms with Crippen LogP contribution < -0.4 is 9.46 Å². The van der Waals surface area contributed by atoms with E-state index in [2.05, 4.69) is 4.72 Å². The molecule has 0 aliphatic rings. The lowest BCUT2D eigenvalue weighted by Crippen LogP contribution is -2.50. The fourth-order valence-electron chi connectivity index (χ4n) is 2.48. The van der Waals surface area contributed by atoms with Gasteiger partial charge in [-0.15, -0.1) is 11.6 Å². The van der Waals surface area contributed by atoms with Gasteiger partial charge >= 0.3 is 5.97 Å². The Labute approximate surface area is 175 Å². The zero-order valence-electron chi connectivity index (χ0n) is 16.2. The second kappa shape index (κ2) is 9.87. The van der Waals surface area contributed by atoms with E-state index in [9.17, 15) is 18.0 Å². The molecule has 2 rings (SSSR count). The van der Waals surface area contributed by atoms with Crippen molar-refractivity contribution in [2.24, 2.45) is 0 Å². The molecule has 1 N–H and O–H groups in total. The molecule has 0 bridgehead atoms. The van der Waals surface area contributed by atoms with Gasteiger partial charge in [0.05, 0.1) is 18.6 Å². The van der Waals surface area contributed by atoms with Crippen LogP contribution in [0, 0.1) is 6.92 Å². The van der Waals surface area contributed by atoms with Crippen molar-refractivity contribution in [1.82, 2.24) is 4.72 Å². The van der Waals surface area contributed by atoms with Crippen LogP contribution in [0.25, 0.3) is 0 Å². The third-order valence-electron chi connectivity index (χ3n) is 4.07. The van der Waals surface area contributed by atoms with E-state index < -0.39 is 33.2 Å². The molecule has 2 aromatic carbocycles. The third-order valence-corrected chi connectivity index (χ3v) is 5.98. The van der Waals surface area contributed by atoms with Crippen molar-refractivity contribution in [2.45, 2.75) is 30.2 Å². The molecule has 9 heteroatoms. The van der Waals surface area contributed by atoms with Gasteiger partial charge in [-0.05, 0) is 50.2 Å². The minimum atomic E-state index is -4.12. The lowest BCUT2D eigenvalue weighted by atomic mass is 10.0. The fourth-order valence-corrected chi connectivity index (χ4v) is 4.04. The largest absolute Gasteiger partial charge is 0.497 e. The Kier molecular flexibility index (Phi) is 7.78. The first-order chi connectivity index (χ1) is 13.7. The highest BCUT2D eigenvalue weighted by atomic mass is 35.5. The first-order valence-electron chi connectivity index (χ1n) is 8.77. The SMILES string of the molecule is CCOC(=O)[C@@H](NS(=O)(=O)c1ccc(C)cc1)[C@@H](Cl)C(=O)c1ccc(OC)cc1. The average molecular weight is 440 g/mol. The number of hydrogen-bond acceptors (Lipinski definition) is 6. The minimum absolute atomic E-state index is 0.00191. The summed E-state index contributed by atoms with van der Waals surface area (Å²) < 4.78 is 37.6. The molecule has 0 heterocycles. The van der Waals surface area contributed by atoms with Crippen molar-refractivity contribution in [2.75, 3.05) is 13.7 Å². The smallest absolute Gasteiger partial charge is 0.326 e. The van der Waals surface area contributed by atoms with Crippen LogP contribution in [0.5, 0.6) is 5.75 Å². The summed E-state index contributed by atoms with van der Waals surface area (Å²) in [6.07, 6.45) is 0. The van der Waals surface area contributed by atoms with Gasteiger partial charge in [0.1, 0.15) is 17.2 Å². The van der Waals surface area contributed by atoms with Crippen molar-refractivity contribution < 1.29 is 27.5 Å². The summed E-state index contributed by atoms with van der Waals surface area (Å²) in [6.45, 7) is 3.38. The molecule has 2 atom stereocenters. The van der Waals surface area contributed by atoms with Gasteiger partial charge in [-0.2, -0.15) is 4.72 Å². The van der Waals surface area contributed by atoms with E-state index in [-0.39, 0.29) is 17.1 Å². The van der Waals surface area contributed by atoms with Gasteiger partial charge in [0.15, 0.2) is 5.78 Å². The molecule has 0 radical (unpaired) electrons. The van der Waals surface area contributed by atoms with E-state index in [1.807, 2.05) is 6.92 Å². The van der Waals surface area contributed by atoms with Crippen LogP contribution in [0.3, 0.4) is 0 Å². The van der Waals surface area contributed by atoms with E-state index >= 15 is 0 Å². The first kappa shape index (κ1) is 22.9. The summed E-state index contributed by atoms with van der Waals surface area (Å²) in [5, 5.41) is -1.51. The molecule has 2 aromatic rings. The number of benzene rings is 2. The number of alkyl halides is 1. The molecular weight excluding hydrogens is 418 g/mol. The van der Waals surface area contributed by atoms with E-state index in [1.54, 1.807) is 31.2 Å². The van der Waals surface area contributed by atoms with Crippen LogP contribution in [0.15, 0.2) is 53.4 Å². The van der Waals surface area contributed by atoms with Crippen molar-refractivity contribution in [3.05, 3.63) is 59.7 Å². The lowest BCUT2D eigenvalue weighted by Gasteiger charge is -2.21. The van der Waals surface area contributed by atoms with Gasteiger partial charge < -0.3 is 9.47 Å². The first-order valence-corrected chi connectivity index (χ1v) is 10.7. The lowest BCUT2D eigenvalue weighted by molar-refractivity contribution is -0.144. The quantitative estimate of drug-likeness (QED) is 0.366. The number of ketones is 1. The van der Waals surface area contributed by atoms with Gasteiger partial charge in [-0.3, -0.25) is 9.59 Å². The second-order valence-corrected chi connectivity index (χ2v) is 8.34. The molecular formula is C20H22ClNO6S. The zero-order chi connectivity index (χ0) is 21.6. The van der Waals surface area contributed by atoms with Crippen molar-refractivity contribution >= 4 is 33.4 Å². The van der Waals surface area contributed by atoms with E-state index in [1.165, 1.54) is 31.4 Å². The van der Waals surface area contributed by atoms with Crippen LogP contribution in [-0.2, 0) is 19.6 Å². The number of Topliss-reactive ketones (excluding diaryl/α,β-unsaturated/α-hetero) is 1. The Bertz CT molecular complexity index is 957. The van der Waals surface area contributed by atoms with Gasteiger partial charge in [0, 0.05) is 5.56 Å². The maximum absolute atomic E-state index is 12.7. The number of halogens is 1. The van der Waals surface area contributed by atoms with Crippen LogP contribution in [0.2, 0.25) is 0 Å². The van der Waals surface area contributed by atoms with Gasteiger partial charge in [-0.25, -0.2) is 8.42 Å². The fraction of sp³-hybridized carbons (Fsp3) is 0.300. The average Bonchev–Trinajstić information content (AvgIpc) is 2.71. The highest BCUT2D eigenvalue weighted by Crippen LogP contribution is 2.19. The molecule has 0 fully saturated rings. The number of aryl methyl sites for hydroxylation is 1. The van der Waals surface area contributed by atoms with Crippen molar-refractivity contribution in [1.29, 1.82) is 0 Å². The summed E-state index contributed by atoms with van der Waals surface area (Å²) in [7, 11) is -2.63. The van der Waals surface area contributed by atoms with Crippen LogP contribution in [-0.4, -0.2) is 45.3 Å². The maximum Gasteiger partial charge on any atom is 0.326 e. The predicted molar refractivity (Wildman–Crippen MR) is 109 cm³/mol. The Morgan fingerprint density at radius 1 is 1.07 bits per heavy atom.